The smallest absolute Gasteiger partial charge is 0.191 e. The maximum absolute atomic E-state index is 5.61. The molecule has 1 unspecified atom stereocenters. The van der Waals surface area contributed by atoms with Gasteiger partial charge in [0.25, 0.3) is 0 Å². The molecular weight excluding hydrogens is 268 g/mol. The second-order valence-corrected chi connectivity index (χ2v) is 4.89. The van der Waals surface area contributed by atoms with Crippen molar-refractivity contribution in [1.29, 1.82) is 0 Å². The Bertz CT molecular complexity index is 609. The molecule has 2 aromatic rings. The number of nitrogens with zero attached hydrogens (tertiary/aromatic N) is 3. The van der Waals surface area contributed by atoms with Crippen LogP contribution in [0.3, 0.4) is 0 Å². The standard InChI is InChI=1S/C14H18N6O/c1-10-7-15-14(17-10)16-8-12-18-13(20-19-12)9-21-11-5-3-2-4-6-11/h2-6,10H,7-9H2,1H3,(H2,15,16,17)(H,18,19,20). The molecule has 0 fully saturated rings. The van der Waals surface area contributed by atoms with Crippen LogP contribution in [0.2, 0.25) is 0 Å². The summed E-state index contributed by atoms with van der Waals surface area (Å²) in [6, 6.07) is 10.0. The zero-order valence-corrected chi connectivity index (χ0v) is 11.8. The number of hydrogen-bond acceptors (Lipinski definition) is 6. The number of aromatic nitrogens is 3. The molecule has 110 valence electrons. The van der Waals surface area contributed by atoms with Crippen LogP contribution in [-0.4, -0.2) is 33.7 Å². The third-order valence-corrected chi connectivity index (χ3v) is 3.02. The van der Waals surface area contributed by atoms with E-state index in [0.717, 1.165) is 18.3 Å². The molecule has 2 heterocycles. The first-order valence-electron chi connectivity index (χ1n) is 6.92. The van der Waals surface area contributed by atoms with Crippen LogP contribution in [0.4, 0.5) is 0 Å². The molecule has 1 aliphatic heterocycles. The molecule has 3 rings (SSSR count). The van der Waals surface area contributed by atoms with Crippen LogP contribution in [0.15, 0.2) is 35.3 Å². The Morgan fingerprint density at radius 2 is 2.19 bits per heavy atom. The molecule has 0 bridgehead atoms. The van der Waals surface area contributed by atoms with E-state index in [2.05, 4.69) is 37.7 Å². The van der Waals surface area contributed by atoms with Gasteiger partial charge in [-0.05, 0) is 19.1 Å². The minimum atomic E-state index is 0.368. The van der Waals surface area contributed by atoms with Gasteiger partial charge in [-0.25, -0.2) is 4.98 Å². The molecule has 0 aliphatic carbocycles. The van der Waals surface area contributed by atoms with Crippen molar-refractivity contribution in [2.24, 2.45) is 4.99 Å². The highest BCUT2D eigenvalue weighted by molar-refractivity contribution is 5.81. The molecule has 0 spiro atoms. The van der Waals surface area contributed by atoms with E-state index in [1.807, 2.05) is 30.3 Å². The first kappa shape index (κ1) is 13.4. The summed E-state index contributed by atoms with van der Waals surface area (Å²) in [6.07, 6.45) is 0. The summed E-state index contributed by atoms with van der Waals surface area (Å²) in [5.41, 5.74) is 0. The molecule has 0 radical (unpaired) electrons. The van der Waals surface area contributed by atoms with Gasteiger partial charge in [-0.1, -0.05) is 18.2 Å². The maximum atomic E-state index is 5.61. The fourth-order valence-corrected chi connectivity index (χ4v) is 1.97. The minimum absolute atomic E-state index is 0.368. The lowest BCUT2D eigenvalue weighted by Crippen LogP contribution is -2.37. The van der Waals surface area contributed by atoms with E-state index in [9.17, 15) is 0 Å². The zero-order valence-electron chi connectivity index (χ0n) is 11.8. The van der Waals surface area contributed by atoms with Crippen molar-refractivity contribution in [3.05, 3.63) is 42.0 Å². The molecule has 3 N–H and O–H groups in total. The third kappa shape index (κ3) is 3.71. The minimum Gasteiger partial charge on any atom is -0.486 e. The molecular formula is C14H18N6O. The number of ether oxygens (including phenoxy) is 1. The van der Waals surface area contributed by atoms with Gasteiger partial charge in [-0.2, -0.15) is 5.10 Å². The van der Waals surface area contributed by atoms with Crippen LogP contribution in [0, 0.1) is 0 Å². The van der Waals surface area contributed by atoms with E-state index in [1.165, 1.54) is 0 Å². The summed E-state index contributed by atoms with van der Waals surface area (Å²) in [7, 11) is 0. The van der Waals surface area contributed by atoms with Crippen molar-refractivity contribution in [2.45, 2.75) is 26.1 Å². The Kier molecular flexibility index (Phi) is 3.99. The van der Waals surface area contributed by atoms with Crippen LogP contribution >= 0.6 is 0 Å². The summed E-state index contributed by atoms with van der Waals surface area (Å²) in [5.74, 6) is 3.00. The molecule has 7 heteroatoms. The van der Waals surface area contributed by atoms with E-state index < -0.39 is 0 Å². The average molecular weight is 286 g/mol. The van der Waals surface area contributed by atoms with Gasteiger partial charge in [-0.15, -0.1) is 0 Å². The lowest BCUT2D eigenvalue weighted by molar-refractivity contribution is 0.296. The molecule has 1 aromatic heterocycles. The van der Waals surface area contributed by atoms with Crippen LogP contribution in [-0.2, 0) is 13.2 Å². The van der Waals surface area contributed by atoms with E-state index in [1.54, 1.807) is 0 Å². The molecule has 0 amide bonds. The van der Waals surface area contributed by atoms with E-state index in [-0.39, 0.29) is 0 Å². The maximum Gasteiger partial charge on any atom is 0.191 e. The van der Waals surface area contributed by atoms with Crippen molar-refractivity contribution in [3.8, 4) is 5.75 Å². The highest BCUT2D eigenvalue weighted by atomic mass is 16.5. The molecule has 0 saturated heterocycles. The Balaban J connectivity index is 1.47. The zero-order chi connectivity index (χ0) is 14.5. The van der Waals surface area contributed by atoms with E-state index >= 15 is 0 Å². The number of aliphatic imine (C=N–C) groups is 1. The van der Waals surface area contributed by atoms with Crippen molar-refractivity contribution in [3.63, 3.8) is 0 Å². The van der Waals surface area contributed by atoms with Gasteiger partial charge >= 0.3 is 0 Å². The molecule has 0 saturated carbocycles. The first-order chi connectivity index (χ1) is 10.3. The van der Waals surface area contributed by atoms with Crippen LogP contribution in [0.1, 0.15) is 18.6 Å². The fraction of sp³-hybridized carbons (Fsp3) is 0.357. The molecule has 1 atom stereocenters. The number of aromatic amines is 1. The summed E-state index contributed by atoms with van der Waals surface area (Å²) in [4.78, 5) is 8.69. The Labute approximate surface area is 122 Å². The number of hydrogen-bond donors (Lipinski definition) is 3. The lowest BCUT2D eigenvalue weighted by atomic mass is 10.3. The van der Waals surface area contributed by atoms with Crippen molar-refractivity contribution in [1.82, 2.24) is 25.8 Å². The van der Waals surface area contributed by atoms with Crippen LogP contribution in [0.25, 0.3) is 0 Å². The van der Waals surface area contributed by atoms with E-state index in [0.29, 0.717) is 30.8 Å². The quantitative estimate of drug-likeness (QED) is 0.757. The van der Waals surface area contributed by atoms with Gasteiger partial charge in [0.15, 0.2) is 17.6 Å². The summed E-state index contributed by atoms with van der Waals surface area (Å²) < 4.78 is 5.61. The average Bonchev–Trinajstić information content (AvgIpc) is 3.13. The highest BCUT2D eigenvalue weighted by Gasteiger charge is 2.12. The first-order valence-corrected chi connectivity index (χ1v) is 6.92. The third-order valence-electron chi connectivity index (χ3n) is 3.02. The molecule has 1 aromatic carbocycles. The second-order valence-electron chi connectivity index (χ2n) is 4.89. The van der Waals surface area contributed by atoms with Crippen molar-refractivity contribution in [2.75, 3.05) is 6.54 Å². The number of rotatable bonds is 5. The predicted molar refractivity (Wildman–Crippen MR) is 78.9 cm³/mol. The van der Waals surface area contributed by atoms with Gasteiger partial charge in [-0.3, -0.25) is 10.1 Å². The number of benzene rings is 1. The normalized spacial score (nSPS) is 17.2. The Morgan fingerprint density at radius 3 is 2.95 bits per heavy atom. The molecule has 7 nitrogen and oxygen atoms in total. The number of para-hydroxylation sites is 1. The number of nitrogens with one attached hydrogen (secondary N) is 3. The largest absolute Gasteiger partial charge is 0.486 e. The monoisotopic (exact) mass is 286 g/mol. The number of guanidine groups is 1. The SMILES string of the molecule is CC1CN=C(NCc2n[nH]c(COc3ccccc3)n2)N1. The summed E-state index contributed by atoms with van der Waals surface area (Å²) in [6.45, 7) is 3.78. The van der Waals surface area contributed by atoms with Gasteiger partial charge < -0.3 is 15.4 Å². The summed E-state index contributed by atoms with van der Waals surface area (Å²) >= 11 is 0. The van der Waals surface area contributed by atoms with E-state index in [4.69, 9.17) is 4.74 Å². The van der Waals surface area contributed by atoms with Gasteiger partial charge in [0.1, 0.15) is 12.4 Å². The van der Waals surface area contributed by atoms with Gasteiger partial charge in [0.05, 0.1) is 13.1 Å². The topological polar surface area (TPSA) is 87.2 Å². The van der Waals surface area contributed by atoms with Gasteiger partial charge in [0, 0.05) is 6.04 Å². The van der Waals surface area contributed by atoms with Gasteiger partial charge in [0.2, 0.25) is 0 Å². The Hall–Kier alpha value is -2.57. The second kappa shape index (κ2) is 6.25. The molecule has 21 heavy (non-hydrogen) atoms. The highest BCUT2D eigenvalue weighted by Crippen LogP contribution is 2.09. The summed E-state index contributed by atoms with van der Waals surface area (Å²) in [5, 5.41) is 13.4. The van der Waals surface area contributed by atoms with Crippen LogP contribution in [0.5, 0.6) is 5.75 Å². The predicted octanol–water partition coefficient (Wildman–Crippen LogP) is 0.821. The molecule has 1 aliphatic rings. The van der Waals surface area contributed by atoms with Crippen molar-refractivity contribution < 1.29 is 4.74 Å². The fourth-order valence-electron chi connectivity index (χ4n) is 1.97. The lowest BCUT2D eigenvalue weighted by Gasteiger charge is -2.06. The Morgan fingerprint density at radius 1 is 1.33 bits per heavy atom. The van der Waals surface area contributed by atoms with Crippen molar-refractivity contribution >= 4 is 5.96 Å². The number of H-pyrrole nitrogens is 1. The van der Waals surface area contributed by atoms with Crippen LogP contribution < -0.4 is 15.4 Å².